The minimum absolute atomic E-state index is 0. The third-order valence-corrected chi connectivity index (χ3v) is 5.43. The van der Waals surface area contributed by atoms with E-state index in [-0.39, 0.29) is 22.9 Å². The van der Waals surface area contributed by atoms with Crippen LogP contribution in [0.2, 0.25) is 0 Å². The number of quaternary nitrogens is 1. The van der Waals surface area contributed by atoms with Crippen LogP contribution in [0.5, 0.6) is 0 Å². The van der Waals surface area contributed by atoms with E-state index in [1.165, 1.54) is 19.6 Å². The van der Waals surface area contributed by atoms with Crippen molar-refractivity contribution >= 4 is 23.0 Å². The summed E-state index contributed by atoms with van der Waals surface area (Å²) in [5.74, 6) is -1.35. The summed E-state index contributed by atoms with van der Waals surface area (Å²) in [6.45, 7) is 15.6. The molecule has 0 radical (unpaired) electrons. The summed E-state index contributed by atoms with van der Waals surface area (Å²) in [6.07, 6.45) is 1.78. The van der Waals surface area contributed by atoms with E-state index in [0.29, 0.717) is 6.61 Å². The number of carboxylic acids is 1. The molecule has 0 amide bonds. The Labute approximate surface area is 170 Å². The number of rotatable bonds is 10. The average molecular weight is 432 g/mol. The Balaban J connectivity index is 0. The SMILES string of the molecule is Br.CCC(C)C(C(=O)[O-])c1ccccc1.CC[N+](CC)(CC)CCCO. The van der Waals surface area contributed by atoms with Crippen LogP contribution in [-0.4, -0.2) is 48.3 Å². The molecule has 152 valence electrons. The number of carbonyl (C=O) groups is 1. The van der Waals surface area contributed by atoms with Crippen molar-refractivity contribution in [3.63, 3.8) is 0 Å². The lowest BCUT2D eigenvalue weighted by Gasteiger charge is -2.35. The fourth-order valence-electron chi connectivity index (χ4n) is 3.14. The third kappa shape index (κ3) is 9.15. The molecule has 0 spiro atoms. The van der Waals surface area contributed by atoms with Crippen molar-refractivity contribution in [2.45, 2.75) is 53.4 Å². The van der Waals surface area contributed by atoms with E-state index in [2.05, 4.69) is 20.8 Å². The first kappa shape index (κ1) is 27.3. The van der Waals surface area contributed by atoms with Gasteiger partial charge in [-0.25, -0.2) is 0 Å². The lowest BCUT2D eigenvalue weighted by atomic mass is 9.86. The van der Waals surface area contributed by atoms with Crippen LogP contribution in [0.4, 0.5) is 0 Å². The van der Waals surface area contributed by atoms with Crippen molar-refractivity contribution < 1.29 is 19.5 Å². The average Bonchev–Trinajstić information content (AvgIpc) is 2.64. The molecule has 1 rings (SSSR count). The third-order valence-electron chi connectivity index (χ3n) is 5.43. The Morgan fingerprint density at radius 2 is 1.58 bits per heavy atom. The molecule has 0 aromatic heterocycles. The zero-order valence-corrected chi connectivity index (χ0v) is 18.8. The largest absolute Gasteiger partial charge is 0.549 e. The van der Waals surface area contributed by atoms with Crippen LogP contribution in [0.25, 0.3) is 0 Å². The standard InChI is InChI=1S/C12H16O2.C9H22NO.BrH/c1-3-9(2)11(12(13)14)10-7-5-4-6-8-10;1-4-10(5-2,6-3)8-7-9-11;/h4-9,11H,3H2,1-2H3,(H,13,14);11H,4-9H2,1-3H3;1H/q;+1;/p-1. The lowest BCUT2D eigenvalue weighted by molar-refractivity contribution is -0.923. The number of carboxylic acid groups (broad SMARTS) is 1. The first-order valence-electron chi connectivity index (χ1n) is 9.62. The molecule has 0 aliphatic carbocycles. The van der Waals surface area contributed by atoms with Gasteiger partial charge in [0.15, 0.2) is 0 Å². The van der Waals surface area contributed by atoms with E-state index in [0.717, 1.165) is 29.4 Å². The summed E-state index contributed by atoms with van der Waals surface area (Å²) in [7, 11) is 0. The van der Waals surface area contributed by atoms with E-state index in [4.69, 9.17) is 5.11 Å². The predicted octanol–water partition coefficient (Wildman–Crippen LogP) is 3.39. The Morgan fingerprint density at radius 1 is 1.08 bits per heavy atom. The minimum atomic E-state index is -0.981. The molecule has 1 aromatic rings. The van der Waals surface area contributed by atoms with Crippen LogP contribution in [0, 0.1) is 5.92 Å². The molecule has 1 N–H and O–H groups in total. The number of nitrogens with zero attached hydrogens (tertiary/aromatic N) is 1. The molecule has 0 aliphatic heterocycles. The van der Waals surface area contributed by atoms with E-state index in [9.17, 15) is 9.90 Å². The second kappa shape index (κ2) is 15.2. The number of hydrogen-bond acceptors (Lipinski definition) is 3. The van der Waals surface area contributed by atoms with Gasteiger partial charge in [-0.1, -0.05) is 50.6 Å². The number of benzene rings is 1. The number of aliphatic hydroxyl groups is 1. The van der Waals surface area contributed by atoms with Crippen molar-refractivity contribution in [1.29, 1.82) is 0 Å². The first-order chi connectivity index (χ1) is 11.9. The molecule has 0 fully saturated rings. The van der Waals surface area contributed by atoms with Gasteiger partial charge in [-0.2, -0.15) is 0 Å². The second-order valence-electron chi connectivity index (χ2n) is 6.68. The summed E-state index contributed by atoms with van der Waals surface area (Å²) in [4.78, 5) is 11.0. The molecule has 0 saturated carbocycles. The van der Waals surface area contributed by atoms with Gasteiger partial charge in [-0.05, 0) is 32.3 Å². The molecular formula is C21H38BrNO3. The number of hydrogen-bond donors (Lipinski definition) is 1. The van der Waals surface area contributed by atoms with Crippen LogP contribution >= 0.6 is 17.0 Å². The van der Waals surface area contributed by atoms with Crippen LogP contribution in [0.15, 0.2) is 30.3 Å². The summed E-state index contributed by atoms with van der Waals surface area (Å²) >= 11 is 0. The first-order valence-corrected chi connectivity index (χ1v) is 9.62. The highest BCUT2D eigenvalue weighted by Crippen LogP contribution is 2.25. The molecule has 4 nitrogen and oxygen atoms in total. The van der Waals surface area contributed by atoms with Gasteiger partial charge in [-0.3, -0.25) is 0 Å². The molecular weight excluding hydrogens is 394 g/mol. The minimum Gasteiger partial charge on any atom is -0.549 e. The molecule has 5 heteroatoms. The van der Waals surface area contributed by atoms with Crippen molar-refractivity contribution in [2.24, 2.45) is 5.92 Å². The zero-order valence-electron chi connectivity index (χ0n) is 17.1. The fourth-order valence-corrected chi connectivity index (χ4v) is 3.14. The van der Waals surface area contributed by atoms with Crippen LogP contribution in [0.3, 0.4) is 0 Å². The van der Waals surface area contributed by atoms with Gasteiger partial charge < -0.3 is 19.5 Å². The molecule has 26 heavy (non-hydrogen) atoms. The highest BCUT2D eigenvalue weighted by Gasteiger charge is 2.19. The Morgan fingerprint density at radius 3 is 1.92 bits per heavy atom. The topological polar surface area (TPSA) is 60.4 Å². The normalized spacial score (nSPS) is 13.0. The maximum atomic E-state index is 11.0. The molecule has 0 aliphatic rings. The van der Waals surface area contributed by atoms with Crippen LogP contribution in [0.1, 0.15) is 58.9 Å². The number of aliphatic hydroxyl groups excluding tert-OH is 1. The van der Waals surface area contributed by atoms with Crippen LogP contribution in [-0.2, 0) is 4.79 Å². The molecule has 0 saturated heterocycles. The Bertz CT molecular complexity index is 455. The van der Waals surface area contributed by atoms with Crippen LogP contribution < -0.4 is 5.11 Å². The monoisotopic (exact) mass is 431 g/mol. The fraction of sp³-hybridized carbons (Fsp3) is 0.667. The van der Waals surface area contributed by atoms with Gasteiger partial charge in [0, 0.05) is 24.9 Å². The van der Waals surface area contributed by atoms with Gasteiger partial charge in [0.25, 0.3) is 0 Å². The maximum absolute atomic E-state index is 11.0. The highest BCUT2D eigenvalue weighted by molar-refractivity contribution is 8.93. The van der Waals surface area contributed by atoms with Crippen molar-refractivity contribution in [2.75, 3.05) is 32.8 Å². The number of halogens is 1. The van der Waals surface area contributed by atoms with Gasteiger partial charge in [0.05, 0.1) is 26.2 Å². The summed E-state index contributed by atoms with van der Waals surface area (Å²) < 4.78 is 1.15. The van der Waals surface area contributed by atoms with Crippen molar-refractivity contribution in [3.8, 4) is 0 Å². The molecule has 2 unspecified atom stereocenters. The van der Waals surface area contributed by atoms with Gasteiger partial charge in [-0.15, -0.1) is 17.0 Å². The summed E-state index contributed by atoms with van der Waals surface area (Å²) in [6, 6.07) is 9.27. The van der Waals surface area contributed by atoms with Gasteiger partial charge in [0.2, 0.25) is 0 Å². The Kier molecular flexibility index (Phi) is 15.9. The lowest BCUT2D eigenvalue weighted by Crippen LogP contribution is -2.48. The second-order valence-corrected chi connectivity index (χ2v) is 6.68. The van der Waals surface area contributed by atoms with E-state index in [1.807, 2.05) is 44.2 Å². The summed E-state index contributed by atoms with van der Waals surface area (Å²) in [5, 5.41) is 19.7. The number of aliphatic carboxylic acids is 1. The smallest absolute Gasteiger partial charge is 0.0808 e. The van der Waals surface area contributed by atoms with E-state index in [1.54, 1.807) is 0 Å². The molecule has 2 atom stereocenters. The molecule has 0 heterocycles. The maximum Gasteiger partial charge on any atom is 0.0808 e. The zero-order chi connectivity index (χ0) is 19.3. The van der Waals surface area contributed by atoms with E-state index < -0.39 is 11.9 Å². The Hall–Kier alpha value is -0.910. The molecule has 1 aromatic carbocycles. The van der Waals surface area contributed by atoms with Gasteiger partial charge >= 0.3 is 0 Å². The summed E-state index contributed by atoms with van der Waals surface area (Å²) in [5.41, 5.74) is 0.835. The van der Waals surface area contributed by atoms with E-state index >= 15 is 0 Å². The highest BCUT2D eigenvalue weighted by atomic mass is 79.9. The molecule has 0 bridgehead atoms. The quantitative estimate of drug-likeness (QED) is 0.577. The van der Waals surface area contributed by atoms with Crippen molar-refractivity contribution in [3.05, 3.63) is 35.9 Å². The predicted molar refractivity (Wildman–Crippen MR) is 112 cm³/mol. The van der Waals surface area contributed by atoms with Crippen molar-refractivity contribution in [1.82, 2.24) is 0 Å². The van der Waals surface area contributed by atoms with Gasteiger partial charge in [0.1, 0.15) is 0 Å². The number of carbonyl (C=O) groups excluding carboxylic acids is 1.